The number of rotatable bonds is 7. The SMILES string of the molecule is CCCNCCNc1c(F)cc([N+](=O)[O-])c2cccnc12. The van der Waals surface area contributed by atoms with Gasteiger partial charge in [-0.1, -0.05) is 6.92 Å². The second kappa shape index (κ2) is 6.94. The summed E-state index contributed by atoms with van der Waals surface area (Å²) in [7, 11) is 0. The largest absolute Gasteiger partial charge is 0.380 e. The van der Waals surface area contributed by atoms with E-state index in [-0.39, 0.29) is 16.9 Å². The van der Waals surface area contributed by atoms with E-state index in [1.165, 1.54) is 6.20 Å². The predicted octanol–water partition coefficient (Wildman–Crippen LogP) is 2.69. The number of anilines is 1. The minimum atomic E-state index is -0.664. The van der Waals surface area contributed by atoms with E-state index < -0.39 is 10.7 Å². The molecule has 21 heavy (non-hydrogen) atoms. The predicted molar refractivity (Wildman–Crippen MR) is 80.0 cm³/mol. The molecule has 0 aliphatic heterocycles. The van der Waals surface area contributed by atoms with E-state index in [1.54, 1.807) is 12.1 Å². The summed E-state index contributed by atoms with van der Waals surface area (Å²) in [6.45, 7) is 4.15. The van der Waals surface area contributed by atoms with Gasteiger partial charge >= 0.3 is 0 Å². The Bertz CT molecular complexity index is 648. The number of nitro benzene ring substituents is 1. The highest BCUT2D eigenvalue weighted by Gasteiger charge is 2.19. The molecule has 0 aliphatic carbocycles. The lowest BCUT2D eigenvalue weighted by Crippen LogP contribution is -2.23. The lowest BCUT2D eigenvalue weighted by Gasteiger charge is -2.11. The number of benzene rings is 1. The highest BCUT2D eigenvalue weighted by atomic mass is 19.1. The van der Waals surface area contributed by atoms with Crippen LogP contribution in [0.2, 0.25) is 0 Å². The summed E-state index contributed by atoms with van der Waals surface area (Å²) in [5.41, 5.74) is 0.208. The molecule has 0 spiro atoms. The maximum absolute atomic E-state index is 14.1. The second-order valence-corrected chi connectivity index (χ2v) is 4.59. The summed E-state index contributed by atoms with van der Waals surface area (Å²) < 4.78 is 14.1. The molecule has 1 aromatic heterocycles. The molecule has 2 N–H and O–H groups in total. The smallest absolute Gasteiger partial charge is 0.281 e. The van der Waals surface area contributed by atoms with Gasteiger partial charge in [-0.2, -0.15) is 0 Å². The zero-order chi connectivity index (χ0) is 15.2. The molecule has 112 valence electrons. The first-order valence-electron chi connectivity index (χ1n) is 6.81. The molecule has 7 heteroatoms. The number of hydrogen-bond donors (Lipinski definition) is 2. The minimum Gasteiger partial charge on any atom is -0.380 e. The van der Waals surface area contributed by atoms with E-state index in [0.29, 0.717) is 18.5 Å². The maximum Gasteiger partial charge on any atom is 0.281 e. The number of aromatic nitrogens is 1. The van der Waals surface area contributed by atoms with Crippen LogP contribution in [-0.2, 0) is 0 Å². The Morgan fingerprint density at radius 2 is 2.19 bits per heavy atom. The first-order chi connectivity index (χ1) is 10.1. The van der Waals surface area contributed by atoms with E-state index in [0.717, 1.165) is 19.0 Å². The first-order valence-corrected chi connectivity index (χ1v) is 6.81. The van der Waals surface area contributed by atoms with Crippen LogP contribution in [0.3, 0.4) is 0 Å². The quantitative estimate of drug-likeness (QED) is 0.466. The van der Waals surface area contributed by atoms with Crippen molar-refractivity contribution in [2.24, 2.45) is 0 Å². The van der Waals surface area contributed by atoms with E-state index >= 15 is 0 Å². The number of nitrogens with zero attached hydrogens (tertiary/aromatic N) is 2. The molecule has 2 rings (SSSR count). The van der Waals surface area contributed by atoms with Crippen molar-refractivity contribution in [2.45, 2.75) is 13.3 Å². The molecule has 6 nitrogen and oxygen atoms in total. The van der Waals surface area contributed by atoms with Crippen molar-refractivity contribution in [3.8, 4) is 0 Å². The number of nitrogens with one attached hydrogen (secondary N) is 2. The Morgan fingerprint density at radius 3 is 2.90 bits per heavy atom. The molecule has 0 saturated carbocycles. The van der Waals surface area contributed by atoms with Crippen molar-refractivity contribution in [1.29, 1.82) is 0 Å². The third-order valence-corrected chi connectivity index (χ3v) is 3.05. The molecular formula is C14H17FN4O2. The Kier molecular flexibility index (Phi) is 4.99. The zero-order valence-electron chi connectivity index (χ0n) is 11.7. The van der Waals surface area contributed by atoms with Crippen LogP contribution >= 0.6 is 0 Å². The highest BCUT2D eigenvalue weighted by Crippen LogP contribution is 2.32. The number of nitro groups is 1. The fraction of sp³-hybridized carbons (Fsp3) is 0.357. The molecule has 0 unspecified atom stereocenters. The topological polar surface area (TPSA) is 80.1 Å². The molecule has 0 amide bonds. The van der Waals surface area contributed by atoms with Crippen LogP contribution in [0.1, 0.15) is 13.3 Å². The maximum atomic E-state index is 14.1. The number of hydrogen-bond acceptors (Lipinski definition) is 5. The molecule has 0 bridgehead atoms. The number of non-ortho nitro benzene ring substituents is 1. The third-order valence-electron chi connectivity index (χ3n) is 3.05. The Balaban J connectivity index is 2.29. The molecule has 0 saturated heterocycles. The van der Waals surface area contributed by atoms with Gasteiger partial charge in [-0.25, -0.2) is 4.39 Å². The molecule has 0 aliphatic rings. The van der Waals surface area contributed by atoms with Crippen molar-refractivity contribution < 1.29 is 9.31 Å². The standard InChI is InChI=1S/C14H17FN4O2/c1-2-5-16-7-8-18-14-11(15)9-12(19(20)21)10-4-3-6-17-13(10)14/h3-4,6,9,16,18H,2,5,7-8H2,1H3. The molecule has 0 radical (unpaired) electrons. The van der Waals surface area contributed by atoms with E-state index in [4.69, 9.17) is 0 Å². The van der Waals surface area contributed by atoms with E-state index in [1.807, 2.05) is 0 Å². The van der Waals surface area contributed by atoms with Crippen LogP contribution in [0.15, 0.2) is 24.4 Å². The Labute approximate surface area is 121 Å². The van der Waals surface area contributed by atoms with Gasteiger partial charge in [-0.15, -0.1) is 0 Å². The second-order valence-electron chi connectivity index (χ2n) is 4.59. The van der Waals surface area contributed by atoms with Crippen molar-refractivity contribution >= 4 is 22.3 Å². The molecule has 0 fully saturated rings. The van der Waals surface area contributed by atoms with Crippen molar-refractivity contribution in [3.63, 3.8) is 0 Å². The Hall–Kier alpha value is -2.28. The van der Waals surface area contributed by atoms with Crippen LogP contribution in [-0.4, -0.2) is 29.5 Å². The average Bonchev–Trinajstić information content (AvgIpc) is 2.48. The number of fused-ring (bicyclic) bond motifs is 1. The van der Waals surface area contributed by atoms with Crippen LogP contribution in [0, 0.1) is 15.9 Å². The third kappa shape index (κ3) is 3.43. The lowest BCUT2D eigenvalue weighted by atomic mass is 10.1. The average molecular weight is 292 g/mol. The highest BCUT2D eigenvalue weighted by molar-refractivity contribution is 5.97. The van der Waals surface area contributed by atoms with Crippen LogP contribution in [0.25, 0.3) is 10.9 Å². The van der Waals surface area contributed by atoms with Gasteiger partial charge in [0.25, 0.3) is 5.69 Å². The summed E-state index contributed by atoms with van der Waals surface area (Å²) in [4.78, 5) is 14.5. The van der Waals surface area contributed by atoms with Crippen LogP contribution < -0.4 is 10.6 Å². The van der Waals surface area contributed by atoms with E-state index in [2.05, 4.69) is 22.5 Å². The first kappa shape index (κ1) is 15.1. The summed E-state index contributed by atoms with van der Waals surface area (Å²) in [5.74, 6) is -0.664. The molecule has 1 heterocycles. The lowest BCUT2D eigenvalue weighted by molar-refractivity contribution is -0.383. The number of pyridine rings is 1. The van der Waals surface area contributed by atoms with Crippen LogP contribution in [0.5, 0.6) is 0 Å². The monoisotopic (exact) mass is 292 g/mol. The Morgan fingerprint density at radius 1 is 1.38 bits per heavy atom. The van der Waals surface area contributed by atoms with Crippen LogP contribution in [0.4, 0.5) is 15.8 Å². The normalized spacial score (nSPS) is 10.8. The van der Waals surface area contributed by atoms with Gasteiger partial charge in [-0.05, 0) is 25.1 Å². The van der Waals surface area contributed by atoms with Gasteiger partial charge in [0.2, 0.25) is 0 Å². The summed E-state index contributed by atoms with van der Waals surface area (Å²) in [5, 5.41) is 17.5. The number of halogens is 1. The van der Waals surface area contributed by atoms with Gasteiger partial charge in [0.05, 0.1) is 22.1 Å². The van der Waals surface area contributed by atoms with Crippen molar-refractivity contribution in [1.82, 2.24) is 10.3 Å². The van der Waals surface area contributed by atoms with Gasteiger partial charge in [0.15, 0.2) is 5.82 Å². The minimum absolute atomic E-state index is 0.203. The zero-order valence-corrected chi connectivity index (χ0v) is 11.7. The van der Waals surface area contributed by atoms with Crippen molar-refractivity contribution in [2.75, 3.05) is 25.0 Å². The van der Waals surface area contributed by atoms with Gasteiger partial charge < -0.3 is 10.6 Å². The fourth-order valence-electron chi connectivity index (χ4n) is 2.09. The summed E-state index contributed by atoms with van der Waals surface area (Å²) >= 11 is 0. The molecule has 1 aromatic carbocycles. The fourth-order valence-corrected chi connectivity index (χ4v) is 2.09. The summed E-state index contributed by atoms with van der Waals surface area (Å²) in [6.07, 6.45) is 2.52. The molecular weight excluding hydrogens is 275 g/mol. The van der Waals surface area contributed by atoms with Gasteiger partial charge in [0, 0.05) is 19.3 Å². The molecule has 2 aromatic rings. The van der Waals surface area contributed by atoms with Gasteiger partial charge in [0.1, 0.15) is 5.52 Å². The van der Waals surface area contributed by atoms with Crippen molar-refractivity contribution in [3.05, 3.63) is 40.3 Å². The molecule has 0 atom stereocenters. The van der Waals surface area contributed by atoms with E-state index in [9.17, 15) is 14.5 Å². The van der Waals surface area contributed by atoms with Gasteiger partial charge in [-0.3, -0.25) is 15.1 Å². The summed E-state index contributed by atoms with van der Waals surface area (Å²) in [6, 6.07) is 4.10.